The fourth-order valence-corrected chi connectivity index (χ4v) is 3.07. The minimum atomic E-state index is -0.489. The zero-order chi connectivity index (χ0) is 17.9. The number of ether oxygens (including phenoxy) is 1. The van der Waals surface area contributed by atoms with Gasteiger partial charge in [-0.1, -0.05) is 96.8 Å². The van der Waals surface area contributed by atoms with Crippen LogP contribution in [-0.4, -0.2) is 18.7 Å². The van der Waals surface area contributed by atoms with E-state index < -0.39 is 12.1 Å². The fourth-order valence-electron chi connectivity index (χ4n) is 3.07. The van der Waals surface area contributed by atoms with Gasteiger partial charge in [-0.2, -0.15) is 5.90 Å². The summed E-state index contributed by atoms with van der Waals surface area (Å²) in [5.41, 5.74) is 0. The summed E-state index contributed by atoms with van der Waals surface area (Å²) in [4.78, 5) is 15.7. The van der Waals surface area contributed by atoms with Crippen LogP contribution in [0.1, 0.15) is 110 Å². The molecule has 0 saturated carbocycles. The third-order valence-electron chi connectivity index (χ3n) is 4.57. The molecule has 0 aliphatic heterocycles. The molecule has 0 aromatic heterocycles. The predicted octanol–water partition coefficient (Wildman–Crippen LogP) is 5.68. The monoisotopic (exact) mass is 343 g/mol. The number of nitrogens with two attached hydrogens (primary N) is 1. The van der Waals surface area contributed by atoms with E-state index in [4.69, 9.17) is 10.6 Å². The summed E-state index contributed by atoms with van der Waals surface area (Å²) in [5.74, 6) is 4.47. The van der Waals surface area contributed by atoms with Crippen LogP contribution in [0.3, 0.4) is 0 Å². The number of carbonyl (C=O) groups excluding carboxylic acids is 1. The van der Waals surface area contributed by atoms with E-state index in [2.05, 4.69) is 11.8 Å². The zero-order valence-electron chi connectivity index (χ0n) is 16.2. The van der Waals surface area contributed by atoms with Gasteiger partial charge in [0.15, 0.2) is 6.10 Å². The van der Waals surface area contributed by atoms with Gasteiger partial charge in [-0.05, 0) is 13.3 Å². The van der Waals surface area contributed by atoms with E-state index in [0.717, 1.165) is 12.8 Å². The average Bonchev–Trinajstić information content (AvgIpc) is 2.60. The van der Waals surface area contributed by atoms with Crippen molar-refractivity contribution in [3.63, 3.8) is 0 Å². The average molecular weight is 344 g/mol. The van der Waals surface area contributed by atoms with Gasteiger partial charge in [0, 0.05) is 6.61 Å². The summed E-state index contributed by atoms with van der Waals surface area (Å²) in [6, 6.07) is 0. The topological polar surface area (TPSA) is 61.5 Å². The number of hydrogen-bond donors (Lipinski definition) is 1. The highest BCUT2D eigenvalue weighted by Gasteiger charge is 2.18. The molecule has 1 atom stereocenters. The van der Waals surface area contributed by atoms with Gasteiger partial charge in [0.2, 0.25) is 0 Å². The first kappa shape index (κ1) is 23.4. The van der Waals surface area contributed by atoms with Crippen LogP contribution in [0.5, 0.6) is 0 Å². The number of rotatable bonds is 18. The van der Waals surface area contributed by atoms with Crippen molar-refractivity contribution < 1.29 is 14.4 Å². The molecule has 0 rings (SSSR count). The third kappa shape index (κ3) is 14.9. The van der Waals surface area contributed by atoms with Gasteiger partial charge >= 0.3 is 5.97 Å². The lowest BCUT2D eigenvalue weighted by molar-refractivity contribution is -0.158. The van der Waals surface area contributed by atoms with Crippen molar-refractivity contribution in [2.45, 2.75) is 116 Å². The van der Waals surface area contributed by atoms with Gasteiger partial charge in [-0.25, -0.2) is 4.79 Å². The molecule has 24 heavy (non-hydrogen) atoms. The molecule has 1 unspecified atom stereocenters. The minimum absolute atomic E-state index is 0.452. The molecule has 0 heterocycles. The molecule has 0 aromatic carbocycles. The molecular formula is C20H41NO3. The summed E-state index contributed by atoms with van der Waals surface area (Å²) in [7, 11) is 0. The van der Waals surface area contributed by atoms with Crippen LogP contribution >= 0.6 is 0 Å². The van der Waals surface area contributed by atoms with Crippen molar-refractivity contribution in [1.29, 1.82) is 0 Å². The number of unbranched alkanes of at least 4 members (excludes halogenated alkanes) is 13. The van der Waals surface area contributed by atoms with E-state index in [-0.39, 0.29) is 0 Å². The molecule has 0 radical (unpaired) electrons. The van der Waals surface area contributed by atoms with Crippen molar-refractivity contribution >= 4 is 5.97 Å². The lowest BCUT2D eigenvalue weighted by Crippen LogP contribution is -2.28. The van der Waals surface area contributed by atoms with Crippen molar-refractivity contribution in [2.75, 3.05) is 6.61 Å². The third-order valence-corrected chi connectivity index (χ3v) is 4.57. The molecule has 0 fully saturated rings. The zero-order valence-corrected chi connectivity index (χ0v) is 16.2. The van der Waals surface area contributed by atoms with Crippen molar-refractivity contribution in [3.05, 3.63) is 0 Å². The summed E-state index contributed by atoms with van der Waals surface area (Å²) in [6.45, 7) is 4.66. The Morgan fingerprint density at radius 1 is 0.750 bits per heavy atom. The van der Waals surface area contributed by atoms with E-state index in [1.807, 2.05) is 6.92 Å². The normalized spacial score (nSPS) is 12.3. The molecule has 4 heteroatoms. The van der Waals surface area contributed by atoms with E-state index in [1.165, 1.54) is 77.0 Å². The van der Waals surface area contributed by atoms with Crippen LogP contribution in [0.15, 0.2) is 0 Å². The van der Waals surface area contributed by atoms with Crippen LogP contribution in [-0.2, 0) is 14.4 Å². The van der Waals surface area contributed by atoms with Gasteiger partial charge in [-0.3, -0.25) is 0 Å². The van der Waals surface area contributed by atoms with E-state index in [9.17, 15) is 4.79 Å². The smallest absolute Gasteiger partial charge is 0.353 e. The Kier molecular flexibility index (Phi) is 18.2. The largest absolute Gasteiger partial charge is 0.371 e. The second kappa shape index (κ2) is 18.7. The molecule has 4 nitrogen and oxygen atoms in total. The molecule has 0 aliphatic rings. The highest BCUT2D eigenvalue weighted by molar-refractivity contribution is 5.74. The molecule has 0 spiro atoms. The van der Waals surface area contributed by atoms with E-state index in [1.54, 1.807) is 0 Å². The summed E-state index contributed by atoms with van der Waals surface area (Å²) < 4.78 is 5.35. The summed E-state index contributed by atoms with van der Waals surface area (Å²) >= 11 is 0. The molecular weight excluding hydrogens is 302 g/mol. The van der Waals surface area contributed by atoms with Crippen molar-refractivity contribution in [3.8, 4) is 0 Å². The Balaban J connectivity index is 3.28. The first-order valence-electron chi connectivity index (χ1n) is 10.3. The van der Waals surface area contributed by atoms with Crippen LogP contribution in [0.2, 0.25) is 0 Å². The minimum Gasteiger partial charge on any atom is -0.371 e. The van der Waals surface area contributed by atoms with E-state index >= 15 is 0 Å². The lowest BCUT2D eigenvalue weighted by Gasteiger charge is -2.13. The lowest BCUT2D eigenvalue weighted by atomic mass is 10.0. The van der Waals surface area contributed by atoms with E-state index in [0.29, 0.717) is 13.0 Å². The maximum absolute atomic E-state index is 11.4. The Hall–Kier alpha value is -0.610. The highest BCUT2D eigenvalue weighted by Crippen LogP contribution is 2.14. The fraction of sp³-hybridized carbons (Fsp3) is 0.950. The highest BCUT2D eigenvalue weighted by atomic mass is 16.7. The Morgan fingerprint density at radius 2 is 1.17 bits per heavy atom. The first-order chi connectivity index (χ1) is 11.8. The molecule has 0 aliphatic carbocycles. The van der Waals surface area contributed by atoms with Crippen LogP contribution < -0.4 is 5.90 Å². The molecule has 0 amide bonds. The predicted molar refractivity (Wildman–Crippen MR) is 101 cm³/mol. The van der Waals surface area contributed by atoms with Crippen molar-refractivity contribution in [2.24, 2.45) is 5.90 Å². The van der Waals surface area contributed by atoms with Crippen LogP contribution in [0.4, 0.5) is 0 Å². The summed E-state index contributed by atoms with van der Waals surface area (Å²) in [5, 5.41) is 0. The standard InChI is InChI=1S/C20H41NO3/c1-3-5-6-7-8-9-10-11-12-13-14-15-16-17-18-19(23-4-2)20(22)24-21/h19H,3-18,21H2,1-2H3. The number of hydrogen-bond acceptors (Lipinski definition) is 4. The van der Waals surface area contributed by atoms with Gasteiger partial charge in [0.05, 0.1) is 0 Å². The summed E-state index contributed by atoms with van der Waals surface area (Å²) in [6.07, 6.45) is 18.9. The molecule has 0 saturated heterocycles. The Bertz CT molecular complexity index is 272. The Labute approximate surface area is 149 Å². The van der Waals surface area contributed by atoms with Gasteiger partial charge < -0.3 is 9.57 Å². The van der Waals surface area contributed by atoms with Gasteiger partial charge in [-0.15, -0.1) is 0 Å². The quantitative estimate of drug-likeness (QED) is 0.257. The molecule has 144 valence electrons. The van der Waals surface area contributed by atoms with Crippen molar-refractivity contribution in [1.82, 2.24) is 0 Å². The first-order valence-corrected chi connectivity index (χ1v) is 10.3. The second-order valence-electron chi connectivity index (χ2n) is 6.77. The van der Waals surface area contributed by atoms with Gasteiger partial charge in [0.25, 0.3) is 0 Å². The van der Waals surface area contributed by atoms with Crippen LogP contribution in [0.25, 0.3) is 0 Å². The SMILES string of the molecule is CCCCCCCCCCCCCCCCC(OCC)C(=O)ON. The molecule has 0 aromatic rings. The number of carbonyl (C=O) groups is 1. The Morgan fingerprint density at radius 3 is 1.54 bits per heavy atom. The molecule has 2 N–H and O–H groups in total. The van der Waals surface area contributed by atoms with Crippen LogP contribution in [0, 0.1) is 0 Å². The maximum Gasteiger partial charge on any atom is 0.353 e. The second-order valence-corrected chi connectivity index (χ2v) is 6.77. The van der Waals surface area contributed by atoms with Gasteiger partial charge in [0.1, 0.15) is 0 Å². The molecule has 0 bridgehead atoms. The maximum atomic E-state index is 11.4.